The first-order chi connectivity index (χ1) is 16.0. The van der Waals surface area contributed by atoms with Gasteiger partial charge in [0.2, 0.25) is 5.91 Å². The van der Waals surface area contributed by atoms with Crippen LogP contribution in [0.3, 0.4) is 0 Å². The average molecular weight is 487 g/mol. The van der Waals surface area contributed by atoms with Crippen molar-refractivity contribution in [2.75, 3.05) is 0 Å². The summed E-state index contributed by atoms with van der Waals surface area (Å²) in [6, 6.07) is -1.48. The molecule has 0 aliphatic heterocycles. The fourth-order valence-corrected chi connectivity index (χ4v) is 2.00. The van der Waals surface area contributed by atoms with Crippen LogP contribution < -0.4 is 10.6 Å². The molecule has 6 heteroatoms. The molecule has 0 rings (SSSR count). The van der Waals surface area contributed by atoms with Crippen molar-refractivity contribution < 1.29 is 40.8 Å². The van der Waals surface area contributed by atoms with Gasteiger partial charge in [-0.2, -0.15) is 0 Å². The third-order valence-corrected chi connectivity index (χ3v) is 3.54. The van der Waals surface area contributed by atoms with Gasteiger partial charge in [0.1, 0.15) is 11.6 Å². The minimum absolute atomic E-state index is 0. The van der Waals surface area contributed by atoms with Crippen LogP contribution in [0.4, 0.5) is 4.79 Å². The molecule has 34 heavy (non-hydrogen) atoms. The Morgan fingerprint density at radius 3 is 1.79 bits per heavy atom. The van der Waals surface area contributed by atoms with E-state index in [2.05, 4.69) is 91.7 Å². The number of nitrogens with one attached hydrogen (secondary N) is 2. The standard InChI is InChI=1S/C28H28N2O4.15H2/c1-8-9-10-11-12-13-14-15-16-17-18-19-20-21-24(31)23(4)29-26(32)25(22(2)3)30-27(33)34-28(5,6)7;;;;;;;;;;;;;;;/h21-25,31H,1H2,2-7H3,(H,29,32)(H,30,33);15*1H/t23-,24-,25-;;;;;;;;;;;;;;;/m0.............../s1. The van der Waals surface area contributed by atoms with Crippen molar-refractivity contribution in [3.05, 3.63) is 87.2 Å². The summed E-state index contributed by atoms with van der Waals surface area (Å²) in [5.74, 6) is -0.640. The van der Waals surface area contributed by atoms with Crippen LogP contribution in [-0.4, -0.2) is 40.9 Å². The summed E-state index contributed by atoms with van der Waals surface area (Å²) in [5.41, 5.74) is 31.6. The predicted molar refractivity (Wildman–Crippen MR) is 159 cm³/mol. The minimum Gasteiger partial charge on any atom is -0.444 e. The second-order valence-corrected chi connectivity index (χ2v) is 8.02. The van der Waals surface area contributed by atoms with Gasteiger partial charge in [0.05, 0.1) is 12.1 Å². The molecule has 0 spiro atoms. The van der Waals surface area contributed by atoms with Crippen LogP contribution in [0.15, 0.2) is 87.2 Å². The van der Waals surface area contributed by atoms with Crippen LogP contribution >= 0.6 is 0 Å². The quantitative estimate of drug-likeness (QED) is 0.344. The molecule has 0 aromatic carbocycles. The minimum atomic E-state index is -1.05. The molecule has 2 amide bonds. The molecule has 0 radical (unpaired) electrons. The third-order valence-electron chi connectivity index (χ3n) is 3.54. The van der Waals surface area contributed by atoms with Gasteiger partial charge in [-0.1, -0.05) is 25.3 Å². The van der Waals surface area contributed by atoms with Crippen molar-refractivity contribution in [3.8, 4) is 0 Å². The van der Waals surface area contributed by atoms with Gasteiger partial charge in [0, 0.05) is 21.4 Å². The maximum absolute atomic E-state index is 12.6. The molecule has 3 atom stereocenters. The summed E-state index contributed by atoms with van der Waals surface area (Å²) in [4.78, 5) is 24.6. The van der Waals surface area contributed by atoms with Gasteiger partial charge in [-0.25, -0.2) is 4.79 Å². The van der Waals surface area contributed by atoms with E-state index in [1.165, 1.54) is 6.08 Å². The maximum atomic E-state index is 12.6. The van der Waals surface area contributed by atoms with Crippen molar-refractivity contribution >= 4 is 12.0 Å². The maximum Gasteiger partial charge on any atom is 0.408 e. The molecule has 0 heterocycles. The molecule has 0 aliphatic carbocycles. The van der Waals surface area contributed by atoms with Gasteiger partial charge < -0.3 is 20.5 Å². The Morgan fingerprint density at radius 2 is 1.35 bits per heavy atom. The van der Waals surface area contributed by atoms with Crippen LogP contribution in [0, 0.1) is 5.92 Å². The fraction of sp³-hybridized carbons (Fsp3) is 0.393. The number of carbonyl (C=O) groups is 2. The van der Waals surface area contributed by atoms with E-state index in [9.17, 15) is 14.7 Å². The highest BCUT2D eigenvalue weighted by molar-refractivity contribution is 5.86. The first kappa shape index (κ1) is 29.6. The molecule has 3 N–H and O–H groups in total. The summed E-state index contributed by atoms with van der Waals surface area (Å²) in [5, 5.41) is 15.4. The number of hydrogen-bond acceptors (Lipinski definition) is 4. The Hall–Kier alpha value is -4.42. The zero-order valence-electron chi connectivity index (χ0n) is 20.3. The molecule has 0 bridgehead atoms. The molecule has 0 fully saturated rings. The Balaban J connectivity index is -0.0000000519. The van der Waals surface area contributed by atoms with E-state index < -0.39 is 35.8 Å². The van der Waals surface area contributed by atoms with Gasteiger partial charge in [-0.05, 0) is 109 Å². The number of hydrogen-bond donors (Lipinski definition) is 3. The Labute approximate surface area is 223 Å². The summed E-state index contributed by atoms with van der Waals surface area (Å²) < 4.78 is 5.20. The van der Waals surface area contributed by atoms with Crippen molar-refractivity contribution in [2.24, 2.45) is 5.92 Å². The smallest absolute Gasteiger partial charge is 0.408 e. The topological polar surface area (TPSA) is 87.7 Å². The van der Waals surface area contributed by atoms with Gasteiger partial charge in [-0.3, -0.25) is 4.79 Å². The third kappa shape index (κ3) is 15.4. The lowest BCUT2D eigenvalue weighted by Gasteiger charge is -2.27. The lowest BCUT2D eigenvalue weighted by atomic mass is 10.0. The normalized spacial score (nSPS) is 11.3. The molecular weight excluding hydrogens is 428 g/mol. The van der Waals surface area contributed by atoms with Crippen molar-refractivity contribution in [1.29, 1.82) is 0 Å². The first-order valence-electron chi connectivity index (χ1n) is 10.3. The van der Waals surface area contributed by atoms with E-state index in [0.717, 1.165) is 0 Å². The first-order valence-corrected chi connectivity index (χ1v) is 10.3. The number of alkyl carbamates (subject to hydrolysis) is 1. The summed E-state index contributed by atoms with van der Waals surface area (Å²) in [6.45, 7) is 13.7. The zero-order chi connectivity index (χ0) is 26.0. The van der Waals surface area contributed by atoms with E-state index in [1.807, 2.05) is 0 Å². The molecule has 0 aromatic heterocycles. The summed E-state index contributed by atoms with van der Waals surface area (Å²) in [7, 11) is 0. The van der Waals surface area contributed by atoms with E-state index >= 15 is 0 Å². The van der Waals surface area contributed by atoms with Gasteiger partial charge in [0.15, 0.2) is 0 Å². The van der Waals surface area contributed by atoms with Gasteiger partial charge >= 0.3 is 6.09 Å². The molecule has 0 aromatic rings. The molecule has 204 valence electrons. The highest BCUT2D eigenvalue weighted by Crippen LogP contribution is 2.09. The monoisotopic (exact) mass is 486 g/mol. The number of aliphatic hydroxyl groups is 1. The molecule has 0 saturated heterocycles. The average Bonchev–Trinajstić information content (AvgIpc) is 2.73. The lowest BCUT2D eigenvalue weighted by molar-refractivity contribution is -0.125. The SMILES string of the molecule is C=C=C=C=C=C=C=C=C=C=C=C=C=C=C[C@H](O)[C@H](C)NC(=O)[C@@H](NC(=O)OC(C)(C)C)C(C)C.[HH].[HH].[HH].[HH].[HH].[HH].[HH].[HH].[HH].[HH].[HH].[HH].[HH].[HH].[HH]. The van der Waals surface area contributed by atoms with E-state index in [-0.39, 0.29) is 27.3 Å². The Morgan fingerprint density at radius 1 is 0.882 bits per heavy atom. The molecule has 0 saturated carbocycles. The summed E-state index contributed by atoms with van der Waals surface area (Å²) in [6.07, 6.45) is -0.440. The van der Waals surface area contributed by atoms with Crippen LogP contribution in [-0.2, 0) is 9.53 Å². The summed E-state index contributed by atoms with van der Waals surface area (Å²) >= 11 is 0. The van der Waals surface area contributed by atoms with E-state index in [0.29, 0.717) is 0 Å². The van der Waals surface area contributed by atoms with Crippen LogP contribution in [0.1, 0.15) is 62.9 Å². The molecule has 0 aliphatic rings. The van der Waals surface area contributed by atoms with E-state index in [4.69, 9.17) is 4.74 Å². The highest BCUT2D eigenvalue weighted by Gasteiger charge is 2.28. The fourth-order valence-electron chi connectivity index (χ4n) is 2.00. The number of ether oxygens (including phenoxy) is 1. The predicted octanol–water partition coefficient (Wildman–Crippen LogP) is 7.29. The number of carbonyl (C=O) groups excluding carboxylic acids is 2. The largest absolute Gasteiger partial charge is 0.444 e. The lowest BCUT2D eigenvalue weighted by Crippen LogP contribution is -2.54. The van der Waals surface area contributed by atoms with Crippen LogP contribution in [0.25, 0.3) is 0 Å². The zero-order valence-corrected chi connectivity index (χ0v) is 20.3. The number of aliphatic hydroxyl groups excluding tert-OH is 1. The Bertz CT molecular complexity index is 1290. The molecular formula is C28H58N2O4. The number of amides is 2. The van der Waals surface area contributed by atoms with Crippen LogP contribution in [0.5, 0.6) is 0 Å². The van der Waals surface area contributed by atoms with E-state index in [1.54, 1.807) is 41.5 Å². The van der Waals surface area contributed by atoms with Gasteiger partial charge in [0.25, 0.3) is 0 Å². The molecule has 0 unspecified atom stereocenters. The van der Waals surface area contributed by atoms with Gasteiger partial charge in [-0.15, -0.1) is 0 Å². The second kappa shape index (κ2) is 16.2. The Kier molecular flexibility index (Phi) is 14.1. The van der Waals surface area contributed by atoms with Crippen LogP contribution in [0.2, 0.25) is 0 Å². The number of rotatable bonds is 6. The van der Waals surface area contributed by atoms with Crippen molar-refractivity contribution in [3.63, 3.8) is 0 Å². The second-order valence-electron chi connectivity index (χ2n) is 8.02. The van der Waals surface area contributed by atoms with Crippen molar-refractivity contribution in [1.82, 2.24) is 10.6 Å². The molecule has 6 nitrogen and oxygen atoms in total. The highest BCUT2D eigenvalue weighted by atomic mass is 16.6. The van der Waals surface area contributed by atoms with Crippen molar-refractivity contribution in [2.45, 2.75) is 65.3 Å².